The first-order chi connectivity index (χ1) is 11.2. The zero-order valence-corrected chi connectivity index (χ0v) is 18.5. The summed E-state index contributed by atoms with van der Waals surface area (Å²) in [4.78, 5) is 6.92. The van der Waals surface area contributed by atoms with E-state index < -0.39 is 0 Å². The Morgan fingerprint density at radius 1 is 1.25 bits per heavy atom. The zero-order valence-electron chi connectivity index (χ0n) is 16.1. The third kappa shape index (κ3) is 10.7. The third-order valence-corrected chi connectivity index (χ3v) is 4.34. The first kappa shape index (κ1) is 23.9. The molecule has 0 aromatic carbocycles. The number of nitrogens with one attached hydrogen (secondary N) is 2. The number of guanidine groups is 1. The smallest absolute Gasteiger partial charge is 0.191 e. The van der Waals surface area contributed by atoms with Gasteiger partial charge in [-0.3, -0.25) is 9.89 Å². The van der Waals surface area contributed by atoms with Gasteiger partial charge in [0.05, 0.1) is 0 Å². The van der Waals surface area contributed by atoms with E-state index in [0.717, 1.165) is 51.3 Å². The summed E-state index contributed by atoms with van der Waals surface area (Å²) >= 11 is 0. The summed E-state index contributed by atoms with van der Waals surface area (Å²) in [6, 6.07) is 0.777. The molecule has 1 rings (SSSR count). The van der Waals surface area contributed by atoms with Crippen molar-refractivity contribution < 1.29 is 4.74 Å². The lowest BCUT2D eigenvalue weighted by Crippen LogP contribution is -2.46. The van der Waals surface area contributed by atoms with Crippen LogP contribution in [0.25, 0.3) is 0 Å². The maximum absolute atomic E-state index is 5.59. The molecule has 0 aromatic rings. The minimum Gasteiger partial charge on any atom is -0.381 e. The van der Waals surface area contributed by atoms with Crippen molar-refractivity contribution in [1.82, 2.24) is 15.5 Å². The lowest BCUT2D eigenvalue weighted by atomic mass is 10.0. The molecule has 1 aliphatic rings. The summed E-state index contributed by atoms with van der Waals surface area (Å²) in [5.41, 5.74) is 0. The molecule has 5 nitrogen and oxygen atoms in total. The summed E-state index contributed by atoms with van der Waals surface area (Å²) in [6.45, 7) is 12.5. The van der Waals surface area contributed by atoms with Crippen LogP contribution in [0.4, 0.5) is 0 Å². The highest BCUT2D eigenvalue weighted by Crippen LogP contribution is 2.18. The Labute approximate surface area is 166 Å². The highest BCUT2D eigenvalue weighted by molar-refractivity contribution is 14.0. The summed E-state index contributed by atoms with van der Waals surface area (Å²) in [5, 5.41) is 6.79. The molecular formula is C18H39IN4O. The molecule has 1 heterocycles. The van der Waals surface area contributed by atoms with Crippen LogP contribution in [-0.2, 0) is 4.74 Å². The molecule has 1 atom stereocenters. The number of halogens is 1. The van der Waals surface area contributed by atoms with Gasteiger partial charge in [-0.25, -0.2) is 0 Å². The van der Waals surface area contributed by atoms with Crippen LogP contribution in [0.2, 0.25) is 0 Å². The van der Waals surface area contributed by atoms with Crippen LogP contribution in [0.3, 0.4) is 0 Å². The highest BCUT2D eigenvalue weighted by atomic mass is 127. The van der Waals surface area contributed by atoms with Gasteiger partial charge < -0.3 is 15.4 Å². The summed E-state index contributed by atoms with van der Waals surface area (Å²) in [7, 11) is 1.83. The van der Waals surface area contributed by atoms with Crippen LogP contribution in [0.5, 0.6) is 0 Å². The van der Waals surface area contributed by atoms with E-state index >= 15 is 0 Å². The van der Waals surface area contributed by atoms with Crippen molar-refractivity contribution in [2.45, 2.75) is 58.9 Å². The van der Waals surface area contributed by atoms with Crippen molar-refractivity contribution in [2.75, 3.05) is 46.4 Å². The second kappa shape index (κ2) is 15.2. The van der Waals surface area contributed by atoms with Gasteiger partial charge in [-0.05, 0) is 38.1 Å². The number of rotatable bonds is 10. The summed E-state index contributed by atoms with van der Waals surface area (Å²) in [5.74, 6) is 1.51. The van der Waals surface area contributed by atoms with Crippen LogP contribution >= 0.6 is 24.0 Å². The van der Waals surface area contributed by atoms with Gasteiger partial charge in [0.2, 0.25) is 0 Å². The van der Waals surface area contributed by atoms with E-state index in [0.29, 0.717) is 5.92 Å². The van der Waals surface area contributed by atoms with Crippen molar-refractivity contribution in [3.8, 4) is 0 Å². The lowest BCUT2D eigenvalue weighted by Gasteiger charge is -2.35. The Bertz CT molecular complexity index is 326. The first-order valence-electron chi connectivity index (χ1n) is 9.43. The van der Waals surface area contributed by atoms with Crippen molar-refractivity contribution in [3.05, 3.63) is 0 Å². The zero-order chi connectivity index (χ0) is 16.9. The maximum atomic E-state index is 5.59. The van der Waals surface area contributed by atoms with Crippen LogP contribution in [-0.4, -0.2) is 63.3 Å². The summed E-state index contributed by atoms with van der Waals surface area (Å²) < 4.78 is 5.59. The van der Waals surface area contributed by atoms with Crippen molar-refractivity contribution in [3.63, 3.8) is 0 Å². The lowest BCUT2D eigenvalue weighted by molar-refractivity contribution is 0.108. The minimum atomic E-state index is 0. The van der Waals surface area contributed by atoms with E-state index in [1.54, 1.807) is 0 Å². The molecule has 0 radical (unpaired) electrons. The SMILES string of the molecule is CCC1CCCCN1CCNC(=NC)NCCCOCC(C)C.I. The van der Waals surface area contributed by atoms with Crippen LogP contribution < -0.4 is 10.6 Å². The maximum Gasteiger partial charge on any atom is 0.191 e. The molecule has 24 heavy (non-hydrogen) atoms. The standard InChI is InChI=1S/C18H38N4O.HI/c1-5-17-9-6-7-12-22(17)13-11-21-18(19-4)20-10-8-14-23-15-16(2)3;/h16-17H,5-15H2,1-4H3,(H2,19,20,21);1H. The van der Waals surface area contributed by atoms with Gasteiger partial charge in [0, 0.05) is 45.9 Å². The molecular weight excluding hydrogens is 415 g/mol. The molecule has 6 heteroatoms. The van der Waals surface area contributed by atoms with E-state index in [9.17, 15) is 0 Å². The Balaban J connectivity index is 0.00000529. The molecule has 0 aromatic heterocycles. The Hall–Kier alpha value is -0.0800. The third-order valence-electron chi connectivity index (χ3n) is 4.34. The van der Waals surface area contributed by atoms with Gasteiger partial charge in [-0.2, -0.15) is 0 Å². The second-order valence-corrected chi connectivity index (χ2v) is 6.84. The minimum absolute atomic E-state index is 0. The number of likely N-dealkylation sites (tertiary alicyclic amines) is 1. The normalized spacial score (nSPS) is 19.2. The molecule has 1 fully saturated rings. The van der Waals surface area contributed by atoms with Gasteiger partial charge in [0.1, 0.15) is 0 Å². The fourth-order valence-corrected chi connectivity index (χ4v) is 3.06. The number of aliphatic imine (C=N–C) groups is 1. The van der Waals surface area contributed by atoms with Gasteiger partial charge >= 0.3 is 0 Å². The van der Waals surface area contributed by atoms with Gasteiger partial charge in [0.25, 0.3) is 0 Å². The fraction of sp³-hybridized carbons (Fsp3) is 0.944. The number of piperidine rings is 1. The Kier molecular flexibility index (Phi) is 15.1. The molecule has 0 saturated carbocycles. The van der Waals surface area contributed by atoms with E-state index in [4.69, 9.17) is 4.74 Å². The number of hydrogen-bond donors (Lipinski definition) is 2. The molecule has 0 spiro atoms. The molecule has 0 amide bonds. The van der Waals surface area contributed by atoms with Gasteiger partial charge in [-0.1, -0.05) is 27.2 Å². The van der Waals surface area contributed by atoms with Gasteiger partial charge in [0.15, 0.2) is 5.96 Å². The topological polar surface area (TPSA) is 48.9 Å². The van der Waals surface area contributed by atoms with Crippen LogP contribution in [0.1, 0.15) is 52.9 Å². The monoisotopic (exact) mass is 454 g/mol. The quantitative estimate of drug-likeness (QED) is 0.231. The molecule has 1 aliphatic heterocycles. The average molecular weight is 454 g/mol. The summed E-state index contributed by atoms with van der Waals surface area (Å²) in [6.07, 6.45) is 6.38. The van der Waals surface area contributed by atoms with Crippen molar-refractivity contribution in [2.24, 2.45) is 10.9 Å². The van der Waals surface area contributed by atoms with Crippen molar-refractivity contribution in [1.29, 1.82) is 0 Å². The van der Waals surface area contributed by atoms with E-state index in [1.165, 1.54) is 32.2 Å². The Morgan fingerprint density at radius 2 is 2.00 bits per heavy atom. The Morgan fingerprint density at radius 3 is 2.67 bits per heavy atom. The predicted molar refractivity (Wildman–Crippen MR) is 115 cm³/mol. The molecule has 1 saturated heterocycles. The van der Waals surface area contributed by atoms with E-state index in [1.807, 2.05) is 7.05 Å². The number of hydrogen-bond acceptors (Lipinski definition) is 3. The molecule has 0 bridgehead atoms. The van der Waals surface area contributed by atoms with E-state index in [-0.39, 0.29) is 24.0 Å². The highest BCUT2D eigenvalue weighted by Gasteiger charge is 2.19. The predicted octanol–water partition coefficient (Wildman–Crippen LogP) is 3.10. The number of ether oxygens (including phenoxy) is 1. The second-order valence-electron chi connectivity index (χ2n) is 6.84. The van der Waals surface area contributed by atoms with Gasteiger partial charge in [-0.15, -0.1) is 24.0 Å². The van der Waals surface area contributed by atoms with Crippen LogP contribution in [0, 0.1) is 5.92 Å². The first-order valence-corrected chi connectivity index (χ1v) is 9.43. The van der Waals surface area contributed by atoms with Crippen LogP contribution in [0.15, 0.2) is 4.99 Å². The molecule has 1 unspecified atom stereocenters. The van der Waals surface area contributed by atoms with E-state index in [2.05, 4.69) is 41.3 Å². The fourth-order valence-electron chi connectivity index (χ4n) is 3.06. The largest absolute Gasteiger partial charge is 0.381 e. The molecule has 2 N–H and O–H groups in total. The number of nitrogens with zero attached hydrogens (tertiary/aromatic N) is 2. The average Bonchev–Trinajstić information content (AvgIpc) is 2.56. The molecule has 0 aliphatic carbocycles. The molecule has 144 valence electrons. The van der Waals surface area contributed by atoms with Crippen molar-refractivity contribution >= 4 is 29.9 Å².